The number of hydrogen-bond acceptors (Lipinski definition) is 5. The quantitative estimate of drug-likeness (QED) is 0.232. The van der Waals surface area contributed by atoms with Gasteiger partial charge >= 0.3 is 6.03 Å². The van der Waals surface area contributed by atoms with E-state index in [0.717, 1.165) is 10.5 Å². The molecule has 0 radical (unpaired) electrons. The Morgan fingerprint density at radius 1 is 0.974 bits per heavy atom. The molecule has 2 N–H and O–H groups in total. The van der Waals surface area contributed by atoms with Crippen LogP contribution in [0.15, 0.2) is 60.3 Å². The van der Waals surface area contributed by atoms with Crippen LogP contribution >= 0.6 is 46.4 Å². The van der Waals surface area contributed by atoms with E-state index in [-0.39, 0.29) is 28.1 Å². The lowest BCUT2D eigenvalue weighted by molar-refractivity contribution is -0.127. The van der Waals surface area contributed by atoms with Crippen molar-refractivity contribution in [3.05, 3.63) is 91.5 Å². The Morgan fingerprint density at radius 2 is 1.68 bits per heavy atom. The number of carbonyl (C=O) groups excluding carboxylic acids is 3. The van der Waals surface area contributed by atoms with E-state index in [4.69, 9.17) is 55.9 Å². The number of nitrogens with zero attached hydrogens (tertiary/aromatic N) is 1. The summed E-state index contributed by atoms with van der Waals surface area (Å²) >= 11 is 24.7. The average Bonchev–Trinajstić information content (AvgIpc) is 3.13. The second kappa shape index (κ2) is 12.0. The summed E-state index contributed by atoms with van der Waals surface area (Å²) in [6.45, 7) is -0.361. The van der Waals surface area contributed by atoms with Crippen molar-refractivity contribution in [2.45, 2.75) is 6.61 Å². The first kappa shape index (κ1) is 27.6. The molecule has 0 atom stereocenters. The minimum absolute atomic E-state index is 0.0447. The Morgan fingerprint density at radius 3 is 2.37 bits per heavy atom. The van der Waals surface area contributed by atoms with Gasteiger partial charge in [0.25, 0.3) is 5.91 Å². The molecule has 8 nitrogen and oxygen atoms in total. The monoisotopic (exact) mass is 593 g/mol. The second-order valence-electron chi connectivity index (χ2n) is 7.98. The third-order valence-corrected chi connectivity index (χ3v) is 6.64. The predicted molar refractivity (Wildman–Crippen MR) is 147 cm³/mol. The average molecular weight is 595 g/mol. The van der Waals surface area contributed by atoms with Crippen LogP contribution in [0.3, 0.4) is 0 Å². The zero-order chi connectivity index (χ0) is 27.4. The predicted octanol–water partition coefficient (Wildman–Crippen LogP) is 6.42. The SMILES string of the molecule is COc1ccccc1NC(=O)CN1C(=O)N/C(=C/c2cc(Cl)c(OCc3ccc(Cl)c(Cl)c3)c(Cl)c2)C1=O. The van der Waals surface area contributed by atoms with Gasteiger partial charge in [0.05, 0.1) is 32.9 Å². The molecule has 196 valence electrons. The molecular formula is C26H19Cl4N3O5. The Labute approximate surface area is 238 Å². The number of halogens is 4. The fourth-order valence-electron chi connectivity index (χ4n) is 3.55. The van der Waals surface area contributed by atoms with Crippen molar-refractivity contribution in [2.24, 2.45) is 0 Å². The first-order valence-corrected chi connectivity index (χ1v) is 12.5. The van der Waals surface area contributed by atoms with Crippen molar-refractivity contribution in [3.63, 3.8) is 0 Å². The Balaban J connectivity index is 1.44. The Kier molecular flexibility index (Phi) is 8.69. The largest absolute Gasteiger partial charge is 0.495 e. The molecule has 0 aromatic heterocycles. The van der Waals surface area contributed by atoms with Crippen LogP contribution in [0, 0.1) is 0 Å². The molecule has 1 saturated heterocycles. The number of methoxy groups -OCH3 is 1. The molecule has 38 heavy (non-hydrogen) atoms. The second-order valence-corrected chi connectivity index (χ2v) is 9.61. The van der Waals surface area contributed by atoms with E-state index >= 15 is 0 Å². The van der Waals surface area contributed by atoms with E-state index in [1.54, 1.807) is 42.5 Å². The van der Waals surface area contributed by atoms with Crippen LogP contribution in [0.4, 0.5) is 10.5 Å². The maximum absolute atomic E-state index is 12.8. The van der Waals surface area contributed by atoms with Crippen molar-refractivity contribution >= 4 is 76.0 Å². The highest BCUT2D eigenvalue weighted by molar-refractivity contribution is 6.42. The molecule has 0 aliphatic carbocycles. The van der Waals surface area contributed by atoms with Gasteiger partial charge in [-0.1, -0.05) is 64.6 Å². The summed E-state index contributed by atoms with van der Waals surface area (Å²) in [5.41, 5.74) is 1.56. The molecule has 4 rings (SSSR count). The highest BCUT2D eigenvalue weighted by Gasteiger charge is 2.35. The molecular weight excluding hydrogens is 576 g/mol. The Hall–Kier alpha value is -3.43. The Bertz CT molecular complexity index is 1440. The summed E-state index contributed by atoms with van der Waals surface area (Å²) in [6.07, 6.45) is 1.40. The van der Waals surface area contributed by atoms with Crippen molar-refractivity contribution in [2.75, 3.05) is 19.0 Å². The molecule has 0 unspecified atom stereocenters. The van der Waals surface area contributed by atoms with Gasteiger partial charge in [0.2, 0.25) is 5.91 Å². The lowest BCUT2D eigenvalue weighted by Gasteiger charge is -2.13. The molecule has 1 aliphatic rings. The van der Waals surface area contributed by atoms with Gasteiger partial charge in [0, 0.05) is 0 Å². The summed E-state index contributed by atoms with van der Waals surface area (Å²) in [5.74, 6) is -0.582. The van der Waals surface area contributed by atoms with E-state index in [2.05, 4.69) is 10.6 Å². The highest BCUT2D eigenvalue weighted by atomic mass is 35.5. The standard InChI is InChI=1S/C26H19Cl4N3O5/c1-37-22-5-3-2-4-20(22)31-23(34)12-33-25(35)21(32-26(33)36)11-15-9-18(29)24(19(30)10-15)38-13-14-6-7-16(27)17(28)8-14/h2-11H,12-13H2,1H3,(H,31,34)(H,32,36)/b21-11+. The number of benzene rings is 3. The summed E-state index contributed by atoms with van der Waals surface area (Å²) in [6, 6.07) is 14.2. The van der Waals surface area contributed by atoms with E-state index in [1.807, 2.05) is 0 Å². The zero-order valence-electron chi connectivity index (χ0n) is 19.7. The smallest absolute Gasteiger partial charge is 0.329 e. The fourth-order valence-corrected chi connectivity index (χ4v) is 4.48. The van der Waals surface area contributed by atoms with Crippen LogP contribution in [-0.2, 0) is 16.2 Å². The lowest BCUT2D eigenvalue weighted by Crippen LogP contribution is -2.38. The van der Waals surface area contributed by atoms with Gasteiger partial charge in [-0.2, -0.15) is 0 Å². The number of ether oxygens (including phenoxy) is 2. The van der Waals surface area contributed by atoms with E-state index in [0.29, 0.717) is 27.0 Å². The summed E-state index contributed by atoms with van der Waals surface area (Å²) in [5, 5.41) is 6.27. The van der Waals surface area contributed by atoms with Gasteiger partial charge in [-0.25, -0.2) is 9.69 Å². The molecule has 12 heteroatoms. The molecule has 1 heterocycles. The molecule has 0 spiro atoms. The topological polar surface area (TPSA) is 97.0 Å². The van der Waals surface area contributed by atoms with Crippen LogP contribution in [0.5, 0.6) is 11.5 Å². The molecule has 1 aliphatic heterocycles. The molecule has 3 aromatic carbocycles. The first-order valence-electron chi connectivity index (χ1n) is 11.0. The van der Waals surface area contributed by atoms with E-state index in [9.17, 15) is 14.4 Å². The maximum Gasteiger partial charge on any atom is 0.329 e. The number of hydrogen-bond donors (Lipinski definition) is 2. The number of para-hydroxylation sites is 2. The first-order chi connectivity index (χ1) is 18.2. The molecule has 1 fully saturated rings. The van der Waals surface area contributed by atoms with Gasteiger partial charge in [-0.15, -0.1) is 0 Å². The maximum atomic E-state index is 12.8. The number of amides is 4. The number of anilines is 1. The third kappa shape index (κ3) is 6.34. The highest BCUT2D eigenvalue weighted by Crippen LogP contribution is 2.36. The zero-order valence-corrected chi connectivity index (χ0v) is 22.7. The number of carbonyl (C=O) groups is 3. The molecule has 0 saturated carbocycles. The van der Waals surface area contributed by atoms with Crippen LogP contribution in [0.2, 0.25) is 20.1 Å². The van der Waals surface area contributed by atoms with Gasteiger partial charge in [0.15, 0.2) is 5.75 Å². The fraction of sp³-hybridized carbons (Fsp3) is 0.115. The minimum Gasteiger partial charge on any atom is -0.495 e. The van der Waals surface area contributed by atoms with Crippen molar-refractivity contribution < 1.29 is 23.9 Å². The summed E-state index contributed by atoms with van der Waals surface area (Å²) in [4.78, 5) is 38.5. The number of nitrogens with one attached hydrogen (secondary N) is 2. The van der Waals surface area contributed by atoms with Crippen LogP contribution in [0.1, 0.15) is 11.1 Å². The number of urea groups is 1. The third-order valence-electron chi connectivity index (χ3n) is 5.34. The minimum atomic E-state index is -0.741. The normalized spacial score (nSPS) is 14.0. The van der Waals surface area contributed by atoms with Gasteiger partial charge < -0.3 is 20.1 Å². The van der Waals surface area contributed by atoms with Crippen molar-refractivity contribution in [1.82, 2.24) is 10.2 Å². The van der Waals surface area contributed by atoms with E-state index < -0.39 is 24.4 Å². The molecule has 4 amide bonds. The van der Waals surface area contributed by atoms with E-state index in [1.165, 1.54) is 25.3 Å². The lowest BCUT2D eigenvalue weighted by atomic mass is 10.1. The molecule has 0 bridgehead atoms. The molecule has 3 aromatic rings. The summed E-state index contributed by atoms with van der Waals surface area (Å²) < 4.78 is 10.9. The van der Waals surface area contributed by atoms with Gasteiger partial charge in [-0.3, -0.25) is 9.59 Å². The van der Waals surface area contributed by atoms with Crippen LogP contribution in [-0.4, -0.2) is 36.4 Å². The van der Waals surface area contributed by atoms with Gasteiger partial charge in [-0.05, 0) is 53.6 Å². The van der Waals surface area contributed by atoms with Crippen LogP contribution < -0.4 is 20.1 Å². The number of imide groups is 1. The number of rotatable bonds is 8. The van der Waals surface area contributed by atoms with Crippen molar-refractivity contribution in [3.8, 4) is 11.5 Å². The van der Waals surface area contributed by atoms with Crippen LogP contribution in [0.25, 0.3) is 6.08 Å². The van der Waals surface area contributed by atoms with Crippen molar-refractivity contribution in [1.29, 1.82) is 0 Å². The summed E-state index contributed by atoms with van der Waals surface area (Å²) in [7, 11) is 1.46. The van der Waals surface area contributed by atoms with Gasteiger partial charge in [0.1, 0.15) is 24.6 Å².